The largest absolute Gasteiger partial charge is 0.480 e. The third-order valence-electron chi connectivity index (χ3n) is 3.59. The molecule has 0 aromatic carbocycles. The average Bonchev–Trinajstić information content (AvgIpc) is 2.70. The SMILES string of the molecule is C[C@@H]1CCc2c(sc3ncn(CC(=O)O)c(=O)c23)C1. The Kier molecular flexibility index (Phi) is 2.89. The number of hydrogen-bond acceptors (Lipinski definition) is 4. The van der Waals surface area contributed by atoms with Gasteiger partial charge in [0.1, 0.15) is 11.4 Å². The molecule has 1 N–H and O–H groups in total. The zero-order valence-electron chi connectivity index (χ0n) is 10.5. The fraction of sp³-hybridized carbons (Fsp3) is 0.462. The van der Waals surface area contributed by atoms with E-state index in [0.29, 0.717) is 11.3 Å². The van der Waals surface area contributed by atoms with Gasteiger partial charge in [-0.05, 0) is 30.7 Å². The number of aliphatic carboxylic acids is 1. The summed E-state index contributed by atoms with van der Waals surface area (Å²) in [4.78, 5) is 29.3. The smallest absolute Gasteiger partial charge is 0.323 e. The Hall–Kier alpha value is -1.69. The number of nitrogens with zero attached hydrogens (tertiary/aromatic N) is 2. The van der Waals surface area contributed by atoms with E-state index in [9.17, 15) is 9.59 Å². The van der Waals surface area contributed by atoms with Crippen molar-refractivity contribution in [2.75, 3.05) is 0 Å². The van der Waals surface area contributed by atoms with Gasteiger partial charge in [-0.3, -0.25) is 14.2 Å². The van der Waals surface area contributed by atoms with E-state index in [0.717, 1.165) is 29.7 Å². The number of hydrogen-bond donors (Lipinski definition) is 1. The van der Waals surface area contributed by atoms with Crippen molar-refractivity contribution >= 4 is 27.5 Å². The van der Waals surface area contributed by atoms with Gasteiger partial charge in [0, 0.05) is 4.88 Å². The molecule has 19 heavy (non-hydrogen) atoms. The zero-order valence-corrected chi connectivity index (χ0v) is 11.4. The first kappa shape index (κ1) is 12.3. The quantitative estimate of drug-likeness (QED) is 0.907. The zero-order chi connectivity index (χ0) is 13.6. The van der Waals surface area contributed by atoms with E-state index in [-0.39, 0.29) is 12.1 Å². The molecule has 0 saturated heterocycles. The Balaban J connectivity index is 2.20. The Morgan fingerprint density at radius 2 is 2.42 bits per heavy atom. The molecule has 1 aliphatic carbocycles. The fourth-order valence-electron chi connectivity index (χ4n) is 2.62. The highest BCUT2D eigenvalue weighted by molar-refractivity contribution is 7.18. The summed E-state index contributed by atoms with van der Waals surface area (Å²) < 4.78 is 1.18. The van der Waals surface area contributed by atoms with Crippen LogP contribution in [-0.2, 0) is 24.2 Å². The molecule has 0 fully saturated rings. The van der Waals surface area contributed by atoms with Gasteiger partial charge in [-0.15, -0.1) is 11.3 Å². The third-order valence-corrected chi connectivity index (χ3v) is 4.75. The molecule has 2 heterocycles. The first-order chi connectivity index (χ1) is 9.06. The lowest BCUT2D eigenvalue weighted by Crippen LogP contribution is -2.24. The third kappa shape index (κ3) is 2.06. The van der Waals surface area contributed by atoms with Crippen LogP contribution in [0.15, 0.2) is 11.1 Å². The normalized spacial score (nSPS) is 18.5. The minimum atomic E-state index is -1.03. The monoisotopic (exact) mass is 278 g/mol. The summed E-state index contributed by atoms with van der Waals surface area (Å²) >= 11 is 1.57. The molecule has 0 saturated carbocycles. The van der Waals surface area contributed by atoms with Crippen molar-refractivity contribution in [3.63, 3.8) is 0 Å². The molecule has 1 atom stereocenters. The molecule has 0 aliphatic heterocycles. The highest BCUT2D eigenvalue weighted by Crippen LogP contribution is 2.35. The van der Waals surface area contributed by atoms with Crippen molar-refractivity contribution in [1.82, 2.24) is 9.55 Å². The van der Waals surface area contributed by atoms with Gasteiger partial charge >= 0.3 is 5.97 Å². The van der Waals surface area contributed by atoms with Gasteiger partial charge in [0.15, 0.2) is 0 Å². The van der Waals surface area contributed by atoms with Crippen molar-refractivity contribution < 1.29 is 9.90 Å². The molecule has 3 rings (SSSR count). The first-order valence-corrected chi connectivity index (χ1v) is 7.09. The van der Waals surface area contributed by atoms with Gasteiger partial charge in [-0.1, -0.05) is 6.92 Å². The maximum absolute atomic E-state index is 12.3. The number of carboxylic acids is 1. The summed E-state index contributed by atoms with van der Waals surface area (Å²) in [6, 6.07) is 0. The van der Waals surface area contributed by atoms with Gasteiger partial charge in [0.25, 0.3) is 5.56 Å². The van der Waals surface area contributed by atoms with Crippen molar-refractivity contribution in [1.29, 1.82) is 0 Å². The number of aromatic nitrogens is 2. The highest BCUT2D eigenvalue weighted by atomic mass is 32.1. The maximum Gasteiger partial charge on any atom is 0.323 e. The Morgan fingerprint density at radius 1 is 1.63 bits per heavy atom. The van der Waals surface area contributed by atoms with Crippen LogP contribution in [0.5, 0.6) is 0 Å². The number of fused-ring (bicyclic) bond motifs is 3. The molecule has 100 valence electrons. The minimum Gasteiger partial charge on any atom is -0.480 e. The van der Waals surface area contributed by atoms with E-state index in [2.05, 4.69) is 11.9 Å². The van der Waals surface area contributed by atoms with E-state index < -0.39 is 5.97 Å². The molecule has 6 heteroatoms. The van der Waals surface area contributed by atoms with Gasteiger partial charge in [-0.25, -0.2) is 4.98 Å². The van der Waals surface area contributed by atoms with Crippen LogP contribution in [0.3, 0.4) is 0 Å². The van der Waals surface area contributed by atoms with Crippen molar-refractivity contribution in [3.05, 3.63) is 27.1 Å². The van der Waals surface area contributed by atoms with Crippen molar-refractivity contribution in [3.8, 4) is 0 Å². The fourth-order valence-corrected chi connectivity index (χ4v) is 3.97. The predicted molar refractivity (Wildman–Crippen MR) is 72.7 cm³/mol. The lowest BCUT2D eigenvalue weighted by atomic mass is 9.89. The van der Waals surface area contributed by atoms with E-state index in [1.807, 2.05) is 0 Å². The van der Waals surface area contributed by atoms with E-state index >= 15 is 0 Å². The standard InChI is InChI=1S/C13H14N2O3S/c1-7-2-3-8-9(4-7)19-12-11(8)13(18)15(6-14-12)5-10(16)17/h6-7H,2-5H2,1H3,(H,16,17)/t7-/m1/s1. The number of carbonyl (C=O) groups is 1. The summed E-state index contributed by atoms with van der Waals surface area (Å²) in [7, 11) is 0. The van der Waals surface area contributed by atoms with Crippen LogP contribution in [-0.4, -0.2) is 20.6 Å². The molecule has 0 spiro atoms. The molecule has 0 amide bonds. The molecule has 0 unspecified atom stereocenters. The van der Waals surface area contributed by atoms with Crippen LogP contribution in [0.2, 0.25) is 0 Å². The summed E-state index contributed by atoms with van der Waals surface area (Å²) in [5, 5.41) is 9.44. The first-order valence-electron chi connectivity index (χ1n) is 6.27. The molecule has 1 aliphatic rings. The Bertz CT molecular complexity index is 716. The topological polar surface area (TPSA) is 72.2 Å². The van der Waals surface area contributed by atoms with E-state index in [4.69, 9.17) is 5.11 Å². The van der Waals surface area contributed by atoms with Gasteiger partial charge in [-0.2, -0.15) is 0 Å². The van der Waals surface area contributed by atoms with Crippen molar-refractivity contribution in [2.45, 2.75) is 32.7 Å². The van der Waals surface area contributed by atoms with Crippen LogP contribution >= 0.6 is 11.3 Å². The number of aryl methyl sites for hydroxylation is 1. The van der Waals surface area contributed by atoms with E-state index in [1.165, 1.54) is 15.8 Å². The van der Waals surface area contributed by atoms with Crippen LogP contribution in [0, 0.1) is 5.92 Å². The Morgan fingerprint density at radius 3 is 3.16 bits per heavy atom. The van der Waals surface area contributed by atoms with Crippen LogP contribution in [0.4, 0.5) is 0 Å². The van der Waals surface area contributed by atoms with E-state index in [1.54, 1.807) is 11.3 Å². The highest BCUT2D eigenvalue weighted by Gasteiger charge is 2.23. The van der Waals surface area contributed by atoms with Gasteiger partial charge in [0.05, 0.1) is 11.7 Å². The summed E-state index contributed by atoms with van der Waals surface area (Å²) in [6.45, 7) is 1.88. The summed E-state index contributed by atoms with van der Waals surface area (Å²) in [6.07, 6.45) is 4.30. The molecule has 2 aromatic rings. The second-order valence-electron chi connectivity index (χ2n) is 5.10. The number of carboxylic acid groups (broad SMARTS) is 1. The Labute approximate surface area is 113 Å². The molecule has 0 radical (unpaired) electrons. The van der Waals surface area contributed by atoms with Crippen LogP contribution in [0.25, 0.3) is 10.2 Å². The molecule has 2 aromatic heterocycles. The van der Waals surface area contributed by atoms with Gasteiger partial charge < -0.3 is 5.11 Å². The number of rotatable bonds is 2. The van der Waals surface area contributed by atoms with Crippen LogP contribution in [0.1, 0.15) is 23.8 Å². The molecule has 5 nitrogen and oxygen atoms in total. The number of thiophene rings is 1. The van der Waals surface area contributed by atoms with Crippen molar-refractivity contribution in [2.24, 2.45) is 5.92 Å². The average molecular weight is 278 g/mol. The summed E-state index contributed by atoms with van der Waals surface area (Å²) in [5.74, 6) is -0.386. The second kappa shape index (κ2) is 4.45. The summed E-state index contributed by atoms with van der Waals surface area (Å²) in [5.41, 5.74) is 0.870. The predicted octanol–water partition coefficient (Wildman–Crippen LogP) is 1.67. The van der Waals surface area contributed by atoms with Gasteiger partial charge in [0.2, 0.25) is 0 Å². The maximum atomic E-state index is 12.3. The molecular weight excluding hydrogens is 264 g/mol. The van der Waals surface area contributed by atoms with Crippen LogP contribution < -0.4 is 5.56 Å². The molecular formula is C13H14N2O3S. The second-order valence-corrected chi connectivity index (χ2v) is 6.19. The lowest BCUT2D eigenvalue weighted by molar-refractivity contribution is -0.137. The minimum absolute atomic E-state index is 0.223. The lowest BCUT2D eigenvalue weighted by Gasteiger charge is -2.17. The molecule has 0 bridgehead atoms.